The van der Waals surface area contributed by atoms with Gasteiger partial charge in [0, 0.05) is 17.6 Å². The first-order valence-electron chi connectivity index (χ1n) is 5.12. The van der Waals surface area contributed by atoms with E-state index in [-0.39, 0.29) is 4.90 Å². The van der Waals surface area contributed by atoms with Gasteiger partial charge in [-0.2, -0.15) is 4.31 Å². The fourth-order valence-electron chi connectivity index (χ4n) is 1.62. The molecule has 2 rings (SSSR count). The Bertz CT molecular complexity index is 557. The molecular formula is C11H11BrClNO2S. The van der Waals surface area contributed by atoms with Gasteiger partial charge in [0.1, 0.15) is 0 Å². The molecule has 1 heterocycles. The summed E-state index contributed by atoms with van der Waals surface area (Å²) < 4.78 is 26.6. The smallest absolute Gasteiger partial charge is 0.207 e. The van der Waals surface area contributed by atoms with E-state index in [1.54, 1.807) is 6.07 Å². The van der Waals surface area contributed by atoms with Crippen LogP contribution in [0.2, 0.25) is 5.02 Å². The third kappa shape index (κ3) is 2.73. The number of hydrogen-bond acceptors (Lipinski definition) is 2. The fourth-order valence-corrected chi connectivity index (χ4v) is 3.71. The molecule has 1 aliphatic rings. The molecule has 0 fully saturated rings. The van der Waals surface area contributed by atoms with E-state index in [4.69, 9.17) is 11.6 Å². The van der Waals surface area contributed by atoms with Crippen molar-refractivity contribution in [2.24, 2.45) is 0 Å². The van der Waals surface area contributed by atoms with Crippen LogP contribution in [-0.4, -0.2) is 25.8 Å². The lowest BCUT2D eigenvalue weighted by Gasteiger charge is -2.22. The van der Waals surface area contributed by atoms with Gasteiger partial charge in [0.15, 0.2) is 0 Å². The van der Waals surface area contributed by atoms with Gasteiger partial charge in [-0.15, -0.1) is 0 Å². The van der Waals surface area contributed by atoms with Crippen LogP contribution in [0.5, 0.6) is 0 Å². The van der Waals surface area contributed by atoms with E-state index in [9.17, 15) is 8.42 Å². The molecule has 0 bridgehead atoms. The summed E-state index contributed by atoms with van der Waals surface area (Å²) in [6.07, 6.45) is 4.61. The van der Waals surface area contributed by atoms with Crippen molar-refractivity contribution in [1.82, 2.24) is 4.31 Å². The van der Waals surface area contributed by atoms with E-state index < -0.39 is 10.0 Å². The molecule has 0 amide bonds. The molecule has 1 aromatic rings. The number of halogens is 2. The number of rotatable bonds is 2. The maximum Gasteiger partial charge on any atom is 0.243 e. The summed E-state index contributed by atoms with van der Waals surface area (Å²) in [5, 5.41) is 0.502. The molecule has 0 spiro atoms. The van der Waals surface area contributed by atoms with Crippen LogP contribution in [0, 0.1) is 0 Å². The molecular weight excluding hydrogens is 326 g/mol. The number of nitrogens with zero attached hydrogens (tertiary/aromatic N) is 1. The van der Waals surface area contributed by atoms with Crippen LogP contribution >= 0.6 is 27.5 Å². The molecule has 0 aromatic heterocycles. The highest BCUT2D eigenvalue weighted by molar-refractivity contribution is 9.10. The van der Waals surface area contributed by atoms with Crippen molar-refractivity contribution in [3.8, 4) is 0 Å². The van der Waals surface area contributed by atoms with Crippen molar-refractivity contribution in [2.45, 2.75) is 11.3 Å². The van der Waals surface area contributed by atoms with Gasteiger partial charge in [-0.1, -0.05) is 23.8 Å². The Morgan fingerprint density at radius 3 is 2.65 bits per heavy atom. The standard InChI is InChI=1S/C11H11BrClNO2S/c12-10-8-9(4-5-11(10)13)17(15,16)14-6-2-1-3-7-14/h1-2,4-5,8H,3,6-7H2. The van der Waals surface area contributed by atoms with Gasteiger partial charge in [0.05, 0.1) is 9.92 Å². The lowest BCUT2D eigenvalue weighted by molar-refractivity contribution is 0.437. The van der Waals surface area contributed by atoms with E-state index in [2.05, 4.69) is 15.9 Å². The topological polar surface area (TPSA) is 37.4 Å². The zero-order chi connectivity index (χ0) is 12.5. The zero-order valence-corrected chi connectivity index (χ0v) is 12.1. The number of hydrogen-bond donors (Lipinski definition) is 0. The second-order valence-electron chi connectivity index (χ2n) is 3.70. The first-order chi connectivity index (χ1) is 8.01. The number of sulfonamides is 1. The molecule has 0 N–H and O–H groups in total. The van der Waals surface area contributed by atoms with Crippen LogP contribution in [0.3, 0.4) is 0 Å². The van der Waals surface area contributed by atoms with Crippen molar-refractivity contribution in [2.75, 3.05) is 13.1 Å². The third-order valence-corrected chi connectivity index (χ3v) is 5.62. The maximum absolute atomic E-state index is 12.3. The molecule has 6 heteroatoms. The Morgan fingerprint density at radius 2 is 2.06 bits per heavy atom. The minimum atomic E-state index is -3.41. The summed E-state index contributed by atoms with van der Waals surface area (Å²) in [5.74, 6) is 0. The summed E-state index contributed by atoms with van der Waals surface area (Å²) in [6.45, 7) is 0.960. The van der Waals surface area contributed by atoms with Gasteiger partial charge in [-0.3, -0.25) is 0 Å². The lowest BCUT2D eigenvalue weighted by Crippen LogP contribution is -2.33. The monoisotopic (exact) mass is 335 g/mol. The Labute approximate surface area is 114 Å². The van der Waals surface area contributed by atoms with Crippen molar-refractivity contribution in [3.05, 3.63) is 39.8 Å². The quantitative estimate of drug-likeness (QED) is 0.778. The van der Waals surface area contributed by atoms with Crippen LogP contribution in [0.15, 0.2) is 39.7 Å². The van der Waals surface area contributed by atoms with Gasteiger partial charge in [-0.05, 0) is 40.5 Å². The Hall–Kier alpha value is -0.360. The normalized spacial score (nSPS) is 17.3. The summed E-state index contributed by atoms with van der Waals surface area (Å²) in [5.41, 5.74) is 0. The van der Waals surface area contributed by atoms with E-state index in [0.29, 0.717) is 22.6 Å². The van der Waals surface area contributed by atoms with Gasteiger partial charge < -0.3 is 0 Å². The average molecular weight is 337 g/mol. The van der Waals surface area contributed by atoms with Crippen molar-refractivity contribution < 1.29 is 8.42 Å². The second kappa shape index (κ2) is 5.10. The largest absolute Gasteiger partial charge is 0.243 e. The van der Waals surface area contributed by atoms with Gasteiger partial charge in [-0.25, -0.2) is 8.42 Å². The molecule has 1 aromatic carbocycles. The summed E-state index contributed by atoms with van der Waals surface area (Å²) >= 11 is 9.08. The molecule has 0 atom stereocenters. The lowest BCUT2D eigenvalue weighted by atomic mass is 10.3. The highest BCUT2D eigenvalue weighted by Crippen LogP contribution is 2.27. The molecule has 1 aliphatic heterocycles. The van der Waals surface area contributed by atoms with Gasteiger partial charge in [0.25, 0.3) is 0 Å². The molecule has 0 saturated carbocycles. The van der Waals surface area contributed by atoms with Crippen molar-refractivity contribution >= 4 is 37.6 Å². The van der Waals surface area contributed by atoms with Crippen LogP contribution < -0.4 is 0 Å². The van der Waals surface area contributed by atoms with Crippen LogP contribution in [0.4, 0.5) is 0 Å². The fraction of sp³-hybridized carbons (Fsp3) is 0.273. The van der Waals surface area contributed by atoms with Gasteiger partial charge >= 0.3 is 0 Å². The summed E-state index contributed by atoms with van der Waals surface area (Å²) in [6, 6.07) is 4.65. The first kappa shape index (κ1) is 13.1. The highest BCUT2D eigenvalue weighted by Gasteiger charge is 2.24. The number of benzene rings is 1. The van der Waals surface area contributed by atoms with E-state index in [0.717, 1.165) is 6.42 Å². The molecule has 0 unspecified atom stereocenters. The average Bonchev–Trinajstić information content (AvgIpc) is 2.33. The van der Waals surface area contributed by atoms with Crippen molar-refractivity contribution in [1.29, 1.82) is 0 Å². The van der Waals surface area contributed by atoms with E-state index >= 15 is 0 Å². The Balaban J connectivity index is 2.37. The SMILES string of the molecule is O=S(=O)(c1ccc(Cl)c(Br)c1)N1CC=CCC1. The van der Waals surface area contributed by atoms with E-state index in [1.165, 1.54) is 16.4 Å². The molecule has 0 radical (unpaired) electrons. The van der Waals surface area contributed by atoms with Gasteiger partial charge in [0.2, 0.25) is 10.0 Å². The second-order valence-corrected chi connectivity index (χ2v) is 6.90. The predicted molar refractivity (Wildman–Crippen MR) is 71.7 cm³/mol. The Morgan fingerprint density at radius 1 is 1.29 bits per heavy atom. The molecule has 3 nitrogen and oxygen atoms in total. The summed E-state index contributed by atoms with van der Waals surface area (Å²) in [4.78, 5) is 0.268. The minimum Gasteiger partial charge on any atom is -0.207 e. The molecule has 17 heavy (non-hydrogen) atoms. The third-order valence-electron chi connectivity index (χ3n) is 2.55. The van der Waals surface area contributed by atoms with Crippen LogP contribution in [-0.2, 0) is 10.0 Å². The minimum absolute atomic E-state index is 0.268. The molecule has 92 valence electrons. The van der Waals surface area contributed by atoms with Crippen molar-refractivity contribution in [3.63, 3.8) is 0 Å². The van der Waals surface area contributed by atoms with Crippen LogP contribution in [0.25, 0.3) is 0 Å². The zero-order valence-electron chi connectivity index (χ0n) is 8.94. The molecule has 0 aliphatic carbocycles. The summed E-state index contributed by atoms with van der Waals surface area (Å²) in [7, 11) is -3.41. The maximum atomic E-state index is 12.3. The Kier molecular flexibility index (Phi) is 3.92. The van der Waals surface area contributed by atoms with E-state index in [1.807, 2.05) is 12.2 Å². The van der Waals surface area contributed by atoms with Crippen LogP contribution in [0.1, 0.15) is 6.42 Å². The highest BCUT2D eigenvalue weighted by atomic mass is 79.9. The molecule has 0 saturated heterocycles. The predicted octanol–water partition coefficient (Wildman–Crippen LogP) is 3.05. The first-order valence-corrected chi connectivity index (χ1v) is 7.73.